The molecular formula is C30H34N2O4S. The number of hydrogen-bond acceptors (Lipinski definition) is 5. The van der Waals surface area contributed by atoms with E-state index in [1.54, 1.807) is 34.4 Å². The van der Waals surface area contributed by atoms with Crippen molar-refractivity contribution in [3.63, 3.8) is 0 Å². The third kappa shape index (κ3) is 4.97. The SMILES string of the molecule is CC(C)N(CC(=O)N1CCc2sccc2C1c1ccc(C(C)(C)C)cc1)C(=O)c1ccc2c(c1)OCO2. The lowest BCUT2D eigenvalue weighted by molar-refractivity contribution is -0.134. The molecule has 0 saturated heterocycles. The topological polar surface area (TPSA) is 59.1 Å². The van der Waals surface area contributed by atoms with E-state index in [-0.39, 0.29) is 42.7 Å². The van der Waals surface area contributed by atoms with E-state index in [1.807, 2.05) is 18.7 Å². The quantitative estimate of drug-likeness (QED) is 0.428. The highest BCUT2D eigenvalue weighted by Crippen LogP contribution is 2.39. The van der Waals surface area contributed by atoms with Gasteiger partial charge in [-0.1, -0.05) is 45.0 Å². The van der Waals surface area contributed by atoms with Crippen LogP contribution in [-0.2, 0) is 16.6 Å². The fraction of sp³-hybridized carbons (Fsp3) is 0.400. The fourth-order valence-electron chi connectivity index (χ4n) is 5.03. The summed E-state index contributed by atoms with van der Waals surface area (Å²) in [5, 5.41) is 2.11. The molecule has 3 aromatic rings. The highest BCUT2D eigenvalue weighted by atomic mass is 32.1. The van der Waals surface area contributed by atoms with E-state index < -0.39 is 0 Å². The normalized spacial score (nSPS) is 16.6. The maximum absolute atomic E-state index is 13.9. The van der Waals surface area contributed by atoms with Gasteiger partial charge >= 0.3 is 0 Å². The van der Waals surface area contributed by atoms with Gasteiger partial charge in [-0.25, -0.2) is 0 Å². The second-order valence-electron chi connectivity index (χ2n) is 11.0. The Morgan fingerprint density at radius 1 is 1.05 bits per heavy atom. The number of fused-ring (bicyclic) bond motifs is 2. The molecule has 0 spiro atoms. The molecule has 1 aromatic heterocycles. The van der Waals surface area contributed by atoms with Crippen LogP contribution in [0.5, 0.6) is 11.5 Å². The van der Waals surface area contributed by atoms with Crippen LogP contribution in [0, 0.1) is 0 Å². The predicted molar refractivity (Wildman–Crippen MR) is 145 cm³/mol. The lowest BCUT2D eigenvalue weighted by atomic mass is 9.85. The van der Waals surface area contributed by atoms with Crippen molar-refractivity contribution in [1.29, 1.82) is 0 Å². The molecular weight excluding hydrogens is 484 g/mol. The molecule has 0 N–H and O–H groups in total. The summed E-state index contributed by atoms with van der Waals surface area (Å²) < 4.78 is 10.8. The summed E-state index contributed by atoms with van der Waals surface area (Å²) in [5.41, 5.74) is 4.08. The first-order valence-corrected chi connectivity index (χ1v) is 13.7. The van der Waals surface area contributed by atoms with Gasteiger partial charge in [0.1, 0.15) is 6.54 Å². The zero-order valence-electron chi connectivity index (χ0n) is 22.1. The van der Waals surface area contributed by atoms with Crippen molar-refractivity contribution in [2.45, 2.75) is 58.5 Å². The Balaban J connectivity index is 1.42. The Bertz CT molecular complexity index is 1310. The number of ether oxygens (including phenoxy) is 2. The molecule has 2 aromatic carbocycles. The Labute approximate surface area is 222 Å². The molecule has 2 aliphatic rings. The van der Waals surface area contributed by atoms with Crippen molar-refractivity contribution in [2.75, 3.05) is 19.9 Å². The van der Waals surface area contributed by atoms with Crippen LogP contribution in [0.3, 0.4) is 0 Å². The van der Waals surface area contributed by atoms with Gasteiger partial charge < -0.3 is 19.3 Å². The standard InChI is InChI=1S/C30H34N2O4S/c1-19(2)32(29(34)21-8-11-24-25(16-21)36-18-35-24)17-27(33)31-14-12-26-23(13-15-37-26)28(31)20-6-9-22(10-7-20)30(3,4)5/h6-11,13,15-16,19,28H,12,14,17-18H2,1-5H3. The number of carbonyl (C=O) groups excluding carboxylic acids is 2. The monoisotopic (exact) mass is 518 g/mol. The van der Waals surface area contributed by atoms with Crippen LogP contribution in [0.2, 0.25) is 0 Å². The Hall–Kier alpha value is -3.32. The van der Waals surface area contributed by atoms with Crippen molar-refractivity contribution in [2.24, 2.45) is 0 Å². The molecule has 6 nitrogen and oxygen atoms in total. The molecule has 0 bridgehead atoms. The first-order chi connectivity index (χ1) is 17.6. The molecule has 5 rings (SSSR count). The van der Waals surface area contributed by atoms with Crippen molar-refractivity contribution in [1.82, 2.24) is 9.80 Å². The summed E-state index contributed by atoms with van der Waals surface area (Å²) in [6.07, 6.45) is 0.826. The average Bonchev–Trinajstić information content (AvgIpc) is 3.54. The van der Waals surface area contributed by atoms with Gasteiger partial charge in [-0.2, -0.15) is 0 Å². The number of rotatable bonds is 5. The lowest BCUT2D eigenvalue weighted by Crippen LogP contribution is -2.48. The third-order valence-corrected chi connectivity index (χ3v) is 8.18. The van der Waals surface area contributed by atoms with Gasteiger partial charge in [0, 0.05) is 23.0 Å². The van der Waals surface area contributed by atoms with Gasteiger partial charge in [0.15, 0.2) is 11.5 Å². The van der Waals surface area contributed by atoms with Crippen LogP contribution < -0.4 is 9.47 Å². The summed E-state index contributed by atoms with van der Waals surface area (Å²) in [6.45, 7) is 11.3. The lowest BCUT2D eigenvalue weighted by Gasteiger charge is -2.38. The number of thiophene rings is 1. The van der Waals surface area contributed by atoms with E-state index in [1.165, 1.54) is 16.0 Å². The fourth-order valence-corrected chi connectivity index (χ4v) is 5.93. The van der Waals surface area contributed by atoms with E-state index in [0.29, 0.717) is 23.6 Å². The molecule has 1 atom stereocenters. The molecule has 7 heteroatoms. The van der Waals surface area contributed by atoms with Crippen LogP contribution in [0.15, 0.2) is 53.9 Å². The summed E-state index contributed by atoms with van der Waals surface area (Å²) in [7, 11) is 0. The molecule has 0 aliphatic carbocycles. The number of hydrogen-bond donors (Lipinski definition) is 0. The van der Waals surface area contributed by atoms with E-state index in [4.69, 9.17) is 9.47 Å². The van der Waals surface area contributed by atoms with Crippen molar-refractivity contribution in [3.05, 3.63) is 81.0 Å². The Morgan fingerprint density at radius 3 is 2.49 bits per heavy atom. The minimum absolute atomic E-state index is 0.0149. The number of carbonyl (C=O) groups is 2. The van der Waals surface area contributed by atoms with Gasteiger partial charge in [-0.05, 0) is 72.0 Å². The first kappa shape index (κ1) is 25.3. The molecule has 2 aliphatic heterocycles. The van der Waals surface area contributed by atoms with Crippen molar-refractivity contribution >= 4 is 23.2 Å². The molecule has 0 fully saturated rings. The first-order valence-electron chi connectivity index (χ1n) is 12.8. The van der Waals surface area contributed by atoms with Crippen LogP contribution in [0.4, 0.5) is 0 Å². The van der Waals surface area contributed by atoms with Gasteiger partial charge in [-0.15, -0.1) is 11.3 Å². The largest absolute Gasteiger partial charge is 0.454 e. The third-order valence-electron chi connectivity index (χ3n) is 7.19. The second-order valence-corrected chi connectivity index (χ2v) is 12.0. The number of benzene rings is 2. The zero-order chi connectivity index (χ0) is 26.3. The molecule has 3 heterocycles. The smallest absolute Gasteiger partial charge is 0.254 e. The molecule has 37 heavy (non-hydrogen) atoms. The molecule has 1 unspecified atom stereocenters. The van der Waals surface area contributed by atoms with Crippen LogP contribution in [-0.4, -0.2) is 47.5 Å². The Kier molecular flexibility index (Phi) is 6.75. The van der Waals surface area contributed by atoms with Gasteiger partial charge in [0.05, 0.1) is 6.04 Å². The van der Waals surface area contributed by atoms with Crippen LogP contribution in [0.1, 0.15) is 72.6 Å². The Morgan fingerprint density at radius 2 is 1.78 bits per heavy atom. The molecule has 2 amide bonds. The second kappa shape index (κ2) is 9.86. The summed E-state index contributed by atoms with van der Waals surface area (Å²) in [4.78, 5) is 32.3. The maximum atomic E-state index is 13.9. The average molecular weight is 519 g/mol. The van der Waals surface area contributed by atoms with E-state index in [9.17, 15) is 9.59 Å². The maximum Gasteiger partial charge on any atom is 0.254 e. The molecule has 0 radical (unpaired) electrons. The van der Waals surface area contributed by atoms with Crippen molar-refractivity contribution < 1.29 is 19.1 Å². The van der Waals surface area contributed by atoms with Gasteiger partial charge in [0.25, 0.3) is 5.91 Å². The van der Waals surface area contributed by atoms with Crippen molar-refractivity contribution in [3.8, 4) is 11.5 Å². The molecule has 194 valence electrons. The number of nitrogens with zero attached hydrogens (tertiary/aromatic N) is 2. The van der Waals surface area contributed by atoms with Crippen LogP contribution >= 0.6 is 11.3 Å². The number of amides is 2. The summed E-state index contributed by atoms with van der Waals surface area (Å²) >= 11 is 1.75. The minimum atomic E-state index is -0.194. The van der Waals surface area contributed by atoms with E-state index in [0.717, 1.165) is 12.0 Å². The van der Waals surface area contributed by atoms with Crippen LogP contribution in [0.25, 0.3) is 0 Å². The highest BCUT2D eigenvalue weighted by molar-refractivity contribution is 7.10. The predicted octanol–water partition coefficient (Wildman–Crippen LogP) is 5.80. The van der Waals surface area contributed by atoms with Gasteiger partial charge in [-0.3, -0.25) is 9.59 Å². The van der Waals surface area contributed by atoms with E-state index >= 15 is 0 Å². The zero-order valence-corrected chi connectivity index (χ0v) is 22.9. The summed E-state index contributed by atoms with van der Waals surface area (Å²) in [6, 6.07) is 15.6. The van der Waals surface area contributed by atoms with E-state index in [2.05, 4.69) is 56.5 Å². The van der Waals surface area contributed by atoms with Gasteiger partial charge in [0.2, 0.25) is 12.7 Å². The minimum Gasteiger partial charge on any atom is -0.454 e. The summed E-state index contributed by atoms with van der Waals surface area (Å²) in [5.74, 6) is 0.940. The highest BCUT2D eigenvalue weighted by Gasteiger charge is 2.35. The molecule has 0 saturated carbocycles.